The number of benzene rings is 3. The number of nitrogens with zero attached hydrogens (tertiary/aromatic N) is 1. The molecule has 0 bridgehead atoms. The lowest BCUT2D eigenvalue weighted by Crippen LogP contribution is -2.27. The summed E-state index contributed by atoms with van der Waals surface area (Å²) in [7, 11) is 1.75. The van der Waals surface area contributed by atoms with Crippen LogP contribution in [0, 0.1) is 13.8 Å². The average Bonchev–Trinajstić information content (AvgIpc) is 2.96. The molecule has 3 aromatic rings. The molecule has 0 fully saturated rings. The van der Waals surface area contributed by atoms with Gasteiger partial charge in [0.25, 0.3) is 5.91 Å². The summed E-state index contributed by atoms with van der Waals surface area (Å²) in [6, 6.07) is 18.5. The van der Waals surface area contributed by atoms with Crippen LogP contribution in [0.4, 0.5) is 5.69 Å². The highest BCUT2D eigenvalue weighted by atomic mass is 35.5. The number of fused-ring (bicyclic) bond motifs is 1. The maximum atomic E-state index is 13.6. The van der Waals surface area contributed by atoms with Crippen LogP contribution in [0.3, 0.4) is 0 Å². The Kier molecular flexibility index (Phi) is 6.68. The smallest absolute Gasteiger partial charge is 0.258 e. The van der Waals surface area contributed by atoms with Gasteiger partial charge in [0.1, 0.15) is 0 Å². The number of hydrogen-bond acceptors (Lipinski definition) is 3. The summed E-state index contributed by atoms with van der Waals surface area (Å²) in [6.07, 6.45) is 1.44. The molecule has 33 heavy (non-hydrogen) atoms. The highest BCUT2D eigenvalue weighted by molar-refractivity contribution is 6.30. The molecule has 1 amide bonds. The summed E-state index contributed by atoms with van der Waals surface area (Å²) in [5, 5.41) is 11.1. The van der Waals surface area contributed by atoms with Gasteiger partial charge in [-0.2, -0.15) is 0 Å². The number of aliphatic hydroxyl groups excluding tert-OH is 1. The van der Waals surface area contributed by atoms with Crippen LogP contribution < -0.4 is 4.90 Å². The first kappa shape index (κ1) is 23.2. The lowest BCUT2D eigenvalue weighted by Gasteiger charge is -2.22. The Morgan fingerprint density at radius 2 is 1.67 bits per heavy atom. The fraction of sp³-hybridized carbons (Fsp3) is 0.286. The zero-order valence-corrected chi connectivity index (χ0v) is 19.9. The fourth-order valence-corrected chi connectivity index (χ4v) is 4.86. The van der Waals surface area contributed by atoms with Crippen molar-refractivity contribution in [2.24, 2.45) is 0 Å². The second-order valence-electron chi connectivity index (χ2n) is 8.82. The van der Waals surface area contributed by atoms with Crippen LogP contribution in [0.5, 0.6) is 0 Å². The van der Waals surface area contributed by atoms with Gasteiger partial charge >= 0.3 is 0 Å². The van der Waals surface area contributed by atoms with E-state index in [2.05, 4.69) is 0 Å². The third-order valence-corrected chi connectivity index (χ3v) is 6.85. The highest BCUT2D eigenvalue weighted by Crippen LogP contribution is 2.39. The van der Waals surface area contributed by atoms with Crippen LogP contribution >= 0.6 is 11.6 Å². The van der Waals surface area contributed by atoms with Crippen molar-refractivity contribution in [3.63, 3.8) is 0 Å². The number of aliphatic hydroxyl groups is 1. The van der Waals surface area contributed by atoms with Gasteiger partial charge in [-0.25, -0.2) is 0 Å². The number of anilines is 1. The molecular weight excluding hydrogens is 434 g/mol. The van der Waals surface area contributed by atoms with E-state index in [-0.39, 0.29) is 17.6 Å². The molecule has 1 aliphatic carbocycles. The van der Waals surface area contributed by atoms with Crippen LogP contribution in [-0.4, -0.2) is 23.8 Å². The third kappa shape index (κ3) is 4.59. The van der Waals surface area contributed by atoms with Gasteiger partial charge in [0, 0.05) is 34.8 Å². The molecule has 1 N–H and O–H groups in total. The predicted molar refractivity (Wildman–Crippen MR) is 132 cm³/mol. The van der Waals surface area contributed by atoms with Crippen molar-refractivity contribution >= 4 is 29.0 Å². The van der Waals surface area contributed by atoms with E-state index in [4.69, 9.17) is 11.6 Å². The molecule has 170 valence electrons. The van der Waals surface area contributed by atoms with Crippen LogP contribution in [0.1, 0.15) is 74.3 Å². The van der Waals surface area contributed by atoms with Crippen LogP contribution in [0.2, 0.25) is 5.02 Å². The summed E-state index contributed by atoms with van der Waals surface area (Å²) in [5.41, 5.74) is 5.37. The standard InChI is InChI=1S/C28H28ClNO3/c1-17-7-4-5-8-22(17)28(33)30(3)20-12-14-21(18(2)15-20)27(32)24-9-6-10-26(31)25-16-19(29)11-13-23(24)25/h4-5,7-8,11-16,24,26,31H,6,9-10H2,1-3H3. The van der Waals surface area contributed by atoms with Gasteiger partial charge in [-0.05, 0) is 91.8 Å². The van der Waals surface area contributed by atoms with Gasteiger partial charge in [0.05, 0.1) is 6.10 Å². The summed E-state index contributed by atoms with van der Waals surface area (Å²) in [4.78, 5) is 28.2. The maximum absolute atomic E-state index is 13.6. The maximum Gasteiger partial charge on any atom is 0.258 e. The second kappa shape index (κ2) is 9.50. The molecule has 4 rings (SSSR count). The molecule has 0 spiro atoms. The Morgan fingerprint density at radius 1 is 0.909 bits per heavy atom. The lowest BCUT2D eigenvalue weighted by atomic mass is 9.84. The fourth-order valence-electron chi connectivity index (χ4n) is 4.68. The number of hydrogen-bond donors (Lipinski definition) is 1. The molecule has 1 aliphatic rings. The van der Waals surface area contributed by atoms with Gasteiger partial charge in [-0.15, -0.1) is 0 Å². The molecule has 5 heteroatoms. The Morgan fingerprint density at radius 3 is 2.39 bits per heavy atom. The van der Waals surface area contributed by atoms with Crippen LogP contribution in [0.25, 0.3) is 0 Å². The zero-order valence-electron chi connectivity index (χ0n) is 19.1. The van der Waals surface area contributed by atoms with E-state index in [0.29, 0.717) is 29.0 Å². The highest BCUT2D eigenvalue weighted by Gasteiger charge is 2.30. The molecule has 2 atom stereocenters. The van der Waals surface area contributed by atoms with E-state index < -0.39 is 6.10 Å². The number of Topliss-reactive ketones (excluding diaryl/α,β-unsaturated/α-hetero) is 1. The normalized spacial score (nSPS) is 17.7. The van der Waals surface area contributed by atoms with Crippen molar-refractivity contribution < 1.29 is 14.7 Å². The van der Waals surface area contributed by atoms with Crippen LogP contribution in [-0.2, 0) is 0 Å². The molecule has 0 saturated heterocycles. The monoisotopic (exact) mass is 461 g/mol. The SMILES string of the molecule is Cc1cc(N(C)C(=O)c2ccccc2C)ccc1C(=O)C1CCCC(O)c2cc(Cl)ccc21. The molecule has 0 aliphatic heterocycles. The van der Waals surface area contributed by atoms with Gasteiger partial charge in [-0.1, -0.05) is 35.9 Å². The quantitative estimate of drug-likeness (QED) is 0.360. The molecule has 4 nitrogen and oxygen atoms in total. The Hall–Kier alpha value is -2.95. The van der Waals surface area contributed by atoms with Gasteiger partial charge < -0.3 is 10.0 Å². The lowest BCUT2D eigenvalue weighted by molar-refractivity contribution is 0.0953. The Labute approximate surface area is 199 Å². The number of carbonyl (C=O) groups is 2. The molecular formula is C28H28ClNO3. The van der Waals surface area contributed by atoms with Gasteiger partial charge in [0.2, 0.25) is 0 Å². The number of aryl methyl sites for hydroxylation is 2. The largest absolute Gasteiger partial charge is 0.388 e. The minimum atomic E-state index is -0.610. The van der Waals surface area contributed by atoms with Gasteiger partial charge in [-0.3, -0.25) is 9.59 Å². The number of carbonyl (C=O) groups excluding carboxylic acids is 2. The van der Waals surface area contributed by atoms with Crippen molar-refractivity contribution in [3.05, 3.63) is 99.1 Å². The summed E-state index contributed by atoms with van der Waals surface area (Å²) in [5.74, 6) is -0.384. The number of ketones is 1. The van der Waals surface area contributed by atoms with Crippen molar-refractivity contribution in [3.8, 4) is 0 Å². The average molecular weight is 462 g/mol. The first-order valence-corrected chi connectivity index (χ1v) is 11.6. The van der Waals surface area contributed by atoms with Crippen molar-refractivity contribution in [1.82, 2.24) is 0 Å². The molecule has 2 unspecified atom stereocenters. The first-order valence-electron chi connectivity index (χ1n) is 11.2. The minimum absolute atomic E-state index is 0.0320. The van der Waals surface area contributed by atoms with Crippen molar-refractivity contribution in [1.29, 1.82) is 0 Å². The van der Waals surface area contributed by atoms with Gasteiger partial charge in [0.15, 0.2) is 5.78 Å². The van der Waals surface area contributed by atoms with E-state index >= 15 is 0 Å². The molecule has 0 heterocycles. The zero-order chi connectivity index (χ0) is 23.7. The Bertz CT molecular complexity index is 1220. The topological polar surface area (TPSA) is 57.6 Å². The third-order valence-electron chi connectivity index (χ3n) is 6.61. The molecule has 0 aromatic heterocycles. The van der Waals surface area contributed by atoms with E-state index in [9.17, 15) is 14.7 Å². The molecule has 3 aromatic carbocycles. The number of halogens is 1. The van der Waals surface area contributed by atoms with E-state index in [1.165, 1.54) is 0 Å². The van der Waals surface area contributed by atoms with Crippen LogP contribution in [0.15, 0.2) is 60.7 Å². The molecule has 0 radical (unpaired) electrons. The summed E-state index contributed by atoms with van der Waals surface area (Å²) in [6.45, 7) is 3.82. The second-order valence-corrected chi connectivity index (χ2v) is 9.25. The van der Waals surface area contributed by atoms with Crippen molar-refractivity contribution in [2.45, 2.75) is 45.1 Å². The van der Waals surface area contributed by atoms with Crippen molar-refractivity contribution in [2.75, 3.05) is 11.9 Å². The molecule has 0 saturated carbocycles. The number of rotatable bonds is 4. The first-order chi connectivity index (χ1) is 15.8. The Balaban J connectivity index is 1.63. The summed E-state index contributed by atoms with van der Waals surface area (Å²) < 4.78 is 0. The predicted octanol–water partition coefficient (Wildman–Crippen LogP) is 6.42. The van der Waals surface area contributed by atoms with E-state index in [1.807, 2.05) is 62.4 Å². The number of amides is 1. The summed E-state index contributed by atoms with van der Waals surface area (Å²) >= 11 is 6.16. The van der Waals surface area contributed by atoms with E-state index in [1.54, 1.807) is 24.1 Å². The minimum Gasteiger partial charge on any atom is -0.388 e. The van der Waals surface area contributed by atoms with E-state index in [0.717, 1.165) is 34.4 Å².